The topological polar surface area (TPSA) is 55.6 Å². The molecule has 128 valence electrons. The molecule has 0 radical (unpaired) electrons. The smallest absolute Gasteiger partial charge is 0.252 e. The van der Waals surface area contributed by atoms with Gasteiger partial charge in [0, 0.05) is 36.8 Å². The van der Waals surface area contributed by atoms with Crippen molar-refractivity contribution in [2.24, 2.45) is 0 Å². The number of aromatic nitrogens is 4. The van der Waals surface area contributed by atoms with Gasteiger partial charge in [-0.2, -0.15) is 10.1 Å². The van der Waals surface area contributed by atoms with Gasteiger partial charge in [-0.15, -0.1) is 0 Å². The molecule has 0 saturated heterocycles. The fraction of sp³-hybridized carbons (Fsp3) is 0.588. The summed E-state index contributed by atoms with van der Waals surface area (Å²) in [4.78, 5) is 9.00. The molecule has 0 bridgehead atoms. The van der Waals surface area contributed by atoms with Crippen LogP contribution in [0, 0.1) is 6.92 Å². The molecular weight excluding hydrogens is 312 g/mol. The Hall–Kier alpha value is -2.05. The number of rotatable bonds is 3. The monoisotopic (exact) mass is 333 g/mol. The zero-order valence-electron chi connectivity index (χ0n) is 13.7. The number of hydrogen-bond acceptors (Lipinski definition) is 4. The van der Waals surface area contributed by atoms with Crippen molar-refractivity contribution in [2.75, 3.05) is 5.32 Å². The van der Waals surface area contributed by atoms with E-state index in [2.05, 4.69) is 20.4 Å². The number of hydrogen-bond donors (Lipinski definition) is 1. The van der Waals surface area contributed by atoms with Crippen LogP contribution in [0.4, 0.5) is 14.6 Å². The third-order valence-corrected chi connectivity index (χ3v) is 4.85. The van der Waals surface area contributed by atoms with Crippen LogP contribution in [0.15, 0.2) is 12.3 Å². The van der Waals surface area contributed by atoms with Gasteiger partial charge in [0.05, 0.1) is 5.69 Å². The van der Waals surface area contributed by atoms with E-state index in [9.17, 15) is 8.78 Å². The lowest BCUT2D eigenvalue weighted by atomic mass is 9.92. The van der Waals surface area contributed by atoms with Crippen LogP contribution in [-0.2, 0) is 12.8 Å². The molecule has 5 nitrogen and oxygen atoms in total. The average molecular weight is 333 g/mol. The highest BCUT2D eigenvalue weighted by atomic mass is 19.3. The van der Waals surface area contributed by atoms with Gasteiger partial charge < -0.3 is 5.32 Å². The maximum Gasteiger partial charge on any atom is 0.252 e. The number of fused-ring (bicyclic) bond motifs is 1. The van der Waals surface area contributed by atoms with E-state index in [1.807, 2.05) is 19.2 Å². The van der Waals surface area contributed by atoms with Crippen LogP contribution in [0.3, 0.4) is 0 Å². The standard InChI is InChI=1S/C17H21F2N5/c1-11-9-15(21-13-5-7-17(18,19)8-6-13)22-16(20-11)24-10-12-3-2-4-14(12)23-24/h9-10,13H,2-8H2,1H3,(H,20,21,22). The summed E-state index contributed by atoms with van der Waals surface area (Å²) in [6.07, 6.45) is 6.02. The first-order chi connectivity index (χ1) is 11.5. The van der Waals surface area contributed by atoms with E-state index in [0.717, 1.165) is 30.7 Å². The van der Waals surface area contributed by atoms with Gasteiger partial charge in [-0.05, 0) is 44.6 Å². The highest BCUT2D eigenvalue weighted by Crippen LogP contribution is 2.34. The molecule has 2 aliphatic carbocycles. The zero-order valence-corrected chi connectivity index (χ0v) is 13.7. The molecule has 24 heavy (non-hydrogen) atoms. The Morgan fingerprint density at radius 2 is 2.00 bits per heavy atom. The fourth-order valence-electron chi connectivity index (χ4n) is 3.54. The molecule has 0 aliphatic heterocycles. The molecule has 0 amide bonds. The lowest BCUT2D eigenvalue weighted by Gasteiger charge is -2.29. The van der Waals surface area contributed by atoms with Crippen LogP contribution in [0.5, 0.6) is 0 Å². The Bertz CT molecular complexity index is 724. The summed E-state index contributed by atoms with van der Waals surface area (Å²) in [6.45, 7) is 1.91. The molecule has 0 unspecified atom stereocenters. The SMILES string of the molecule is Cc1cc(NC2CCC(F)(F)CC2)nc(-n2cc3c(n2)CCC3)n1. The summed E-state index contributed by atoms with van der Waals surface area (Å²) >= 11 is 0. The van der Waals surface area contributed by atoms with Gasteiger partial charge in [-0.3, -0.25) is 0 Å². The molecule has 2 aromatic heterocycles. The first-order valence-corrected chi connectivity index (χ1v) is 8.56. The molecule has 0 atom stereocenters. The third kappa shape index (κ3) is 3.12. The van der Waals surface area contributed by atoms with E-state index in [0.29, 0.717) is 24.6 Å². The number of anilines is 1. The van der Waals surface area contributed by atoms with E-state index in [-0.39, 0.29) is 18.9 Å². The maximum absolute atomic E-state index is 13.3. The molecular formula is C17H21F2N5. The Kier molecular flexibility index (Phi) is 3.73. The molecule has 1 saturated carbocycles. The minimum Gasteiger partial charge on any atom is -0.367 e. The van der Waals surface area contributed by atoms with Crippen molar-refractivity contribution in [1.82, 2.24) is 19.7 Å². The summed E-state index contributed by atoms with van der Waals surface area (Å²) in [5.41, 5.74) is 3.23. The Morgan fingerprint density at radius 3 is 2.75 bits per heavy atom. The van der Waals surface area contributed by atoms with E-state index < -0.39 is 5.92 Å². The van der Waals surface area contributed by atoms with Crippen molar-refractivity contribution in [3.8, 4) is 5.95 Å². The molecule has 7 heteroatoms. The minimum atomic E-state index is -2.51. The van der Waals surface area contributed by atoms with Crippen LogP contribution < -0.4 is 5.32 Å². The van der Waals surface area contributed by atoms with Crippen molar-refractivity contribution in [3.63, 3.8) is 0 Å². The Labute approximate surface area is 139 Å². The lowest BCUT2D eigenvalue weighted by Crippen LogP contribution is -2.32. The van der Waals surface area contributed by atoms with Crippen LogP contribution in [0.25, 0.3) is 5.95 Å². The van der Waals surface area contributed by atoms with Gasteiger partial charge >= 0.3 is 0 Å². The summed E-state index contributed by atoms with van der Waals surface area (Å²) in [5, 5.41) is 7.87. The van der Waals surface area contributed by atoms with Crippen molar-refractivity contribution in [2.45, 2.75) is 63.8 Å². The highest BCUT2D eigenvalue weighted by Gasteiger charge is 2.35. The van der Waals surface area contributed by atoms with Crippen LogP contribution in [-0.4, -0.2) is 31.7 Å². The van der Waals surface area contributed by atoms with Crippen LogP contribution in [0.2, 0.25) is 0 Å². The van der Waals surface area contributed by atoms with Crippen molar-refractivity contribution >= 4 is 5.82 Å². The third-order valence-electron chi connectivity index (χ3n) is 4.85. The second-order valence-corrected chi connectivity index (χ2v) is 6.87. The molecule has 1 N–H and O–H groups in total. The first kappa shape index (κ1) is 15.5. The van der Waals surface area contributed by atoms with Gasteiger partial charge in [0.2, 0.25) is 5.92 Å². The van der Waals surface area contributed by atoms with Gasteiger partial charge in [-0.1, -0.05) is 0 Å². The summed E-state index contributed by atoms with van der Waals surface area (Å²) in [7, 11) is 0. The molecule has 0 spiro atoms. The van der Waals surface area contributed by atoms with Crippen molar-refractivity contribution in [3.05, 3.63) is 29.2 Å². The predicted molar refractivity (Wildman–Crippen MR) is 86.7 cm³/mol. The first-order valence-electron chi connectivity index (χ1n) is 8.56. The van der Waals surface area contributed by atoms with Gasteiger partial charge in [0.15, 0.2) is 0 Å². The molecule has 0 aromatic carbocycles. The molecule has 2 heterocycles. The summed E-state index contributed by atoms with van der Waals surface area (Å²) in [6, 6.07) is 1.89. The predicted octanol–water partition coefficient (Wildman–Crippen LogP) is 3.45. The Morgan fingerprint density at radius 1 is 1.21 bits per heavy atom. The molecule has 4 rings (SSSR count). The lowest BCUT2D eigenvalue weighted by molar-refractivity contribution is -0.0361. The molecule has 1 fully saturated rings. The van der Waals surface area contributed by atoms with Gasteiger partial charge in [-0.25, -0.2) is 18.4 Å². The van der Waals surface area contributed by atoms with Gasteiger partial charge in [0.1, 0.15) is 5.82 Å². The normalized spacial score (nSPS) is 20.1. The van der Waals surface area contributed by atoms with Gasteiger partial charge in [0.25, 0.3) is 5.95 Å². The zero-order chi connectivity index (χ0) is 16.7. The largest absolute Gasteiger partial charge is 0.367 e. The summed E-state index contributed by atoms with van der Waals surface area (Å²) < 4.78 is 28.3. The number of aryl methyl sites for hydroxylation is 3. The Balaban J connectivity index is 1.53. The summed E-state index contributed by atoms with van der Waals surface area (Å²) in [5.74, 6) is -1.29. The fourth-order valence-corrected chi connectivity index (χ4v) is 3.54. The van der Waals surface area contributed by atoms with E-state index in [1.54, 1.807) is 4.68 Å². The maximum atomic E-state index is 13.3. The van der Waals surface area contributed by atoms with E-state index in [4.69, 9.17) is 0 Å². The molecule has 2 aliphatic rings. The number of alkyl halides is 2. The van der Waals surface area contributed by atoms with Crippen LogP contribution >= 0.6 is 0 Å². The van der Waals surface area contributed by atoms with Crippen molar-refractivity contribution < 1.29 is 8.78 Å². The second-order valence-electron chi connectivity index (χ2n) is 6.87. The quantitative estimate of drug-likeness (QED) is 0.935. The number of nitrogens with zero attached hydrogens (tertiary/aromatic N) is 4. The highest BCUT2D eigenvalue weighted by molar-refractivity contribution is 5.40. The van der Waals surface area contributed by atoms with E-state index >= 15 is 0 Å². The second kappa shape index (κ2) is 5.79. The average Bonchev–Trinajstić information content (AvgIpc) is 3.10. The minimum absolute atomic E-state index is 0.0365. The van der Waals surface area contributed by atoms with Crippen LogP contribution in [0.1, 0.15) is 49.1 Å². The molecule has 2 aromatic rings. The number of halogens is 2. The van der Waals surface area contributed by atoms with Crippen molar-refractivity contribution in [1.29, 1.82) is 0 Å². The van der Waals surface area contributed by atoms with E-state index in [1.165, 1.54) is 5.56 Å². The number of nitrogens with one attached hydrogen (secondary N) is 1.